The van der Waals surface area contributed by atoms with Crippen molar-refractivity contribution in [1.82, 2.24) is 9.21 Å². The second-order valence-electron chi connectivity index (χ2n) is 5.85. The van der Waals surface area contributed by atoms with Crippen LogP contribution in [0.5, 0.6) is 0 Å². The molecule has 1 rings (SSSR count). The third-order valence-electron chi connectivity index (χ3n) is 4.22. The summed E-state index contributed by atoms with van der Waals surface area (Å²) < 4.78 is 26.3. The van der Waals surface area contributed by atoms with Gasteiger partial charge in [0.2, 0.25) is 15.9 Å². The Morgan fingerprint density at radius 2 is 1.54 bits per heavy atom. The van der Waals surface area contributed by atoms with Gasteiger partial charge in [-0.25, -0.2) is 8.42 Å². The van der Waals surface area contributed by atoms with E-state index >= 15 is 0 Å². The fraction of sp³-hybridized carbons (Fsp3) is 0.556. The van der Waals surface area contributed by atoms with E-state index in [0.717, 1.165) is 5.56 Å². The van der Waals surface area contributed by atoms with Gasteiger partial charge in [0, 0.05) is 32.6 Å². The van der Waals surface area contributed by atoms with Crippen molar-refractivity contribution >= 4 is 21.9 Å². The molecule has 1 aromatic carbocycles. The lowest BCUT2D eigenvalue weighted by Crippen LogP contribution is -2.33. The summed E-state index contributed by atoms with van der Waals surface area (Å²) in [6.45, 7) is 6.90. The highest BCUT2D eigenvalue weighted by atomic mass is 32.2. The van der Waals surface area contributed by atoms with E-state index in [4.69, 9.17) is 5.11 Å². The van der Waals surface area contributed by atoms with Crippen LogP contribution in [0.3, 0.4) is 0 Å². The second-order valence-corrected chi connectivity index (χ2v) is 7.79. The van der Waals surface area contributed by atoms with Crippen LogP contribution < -0.4 is 0 Å². The van der Waals surface area contributed by atoms with Gasteiger partial charge in [0.05, 0.1) is 11.3 Å². The zero-order valence-electron chi connectivity index (χ0n) is 15.6. The van der Waals surface area contributed by atoms with Crippen LogP contribution in [0.2, 0.25) is 0 Å². The molecule has 0 heterocycles. The average molecular weight is 384 g/mol. The zero-order valence-corrected chi connectivity index (χ0v) is 16.5. The van der Waals surface area contributed by atoms with Crippen LogP contribution in [-0.4, -0.2) is 60.8 Å². The number of carboxylic acid groups (broad SMARTS) is 1. The fourth-order valence-electron chi connectivity index (χ4n) is 2.64. The minimum Gasteiger partial charge on any atom is -0.481 e. The highest BCUT2D eigenvalue weighted by molar-refractivity contribution is 7.89. The molecule has 8 heteroatoms. The first-order chi connectivity index (χ1) is 12.3. The average Bonchev–Trinajstić information content (AvgIpc) is 2.61. The molecule has 1 amide bonds. The van der Waals surface area contributed by atoms with Crippen molar-refractivity contribution in [2.24, 2.45) is 0 Å². The van der Waals surface area contributed by atoms with Gasteiger partial charge in [-0.3, -0.25) is 9.59 Å². The first-order valence-electron chi connectivity index (χ1n) is 8.84. The Hall–Kier alpha value is -1.93. The Bertz CT molecular complexity index is 697. The van der Waals surface area contributed by atoms with Crippen molar-refractivity contribution in [2.45, 2.75) is 44.9 Å². The molecule has 0 aromatic heterocycles. The Morgan fingerprint density at radius 3 is 2.00 bits per heavy atom. The van der Waals surface area contributed by atoms with Crippen LogP contribution in [0.25, 0.3) is 0 Å². The molecule has 26 heavy (non-hydrogen) atoms. The number of carbonyl (C=O) groups excluding carboxylic acids is 1. The molecule has 0 atom stereocenters. The monoisotopic (exact) mass is 384 g/mol. The van der Waals surface area contributed by atoms with Gasteiger partial charge in [-0.05, 0) is 31.0 Å². The third kappa shape index (κ3) is 6.10. The topological polar surface area (TPSA) is 95.0 Å². The molecule has 0 aliphatic carbocycles. The van der Waals surface area contributed by atoms with E-state index in [9.17, 15) is 18.0 Å². The summed E-state index contributed by atoms with van der Waals surface area (Å²) in [5, 5.41) is 8.72. The lowest BCUT2D eigenvalue weighted by atomic mass is 10.1. The molecule has 7 nitrogen and oxygen atoms in total. The molecule has 0 saturated carbocycles. The summed E-state index contributed by atoms with van der Waals surface area (Å²) in [5.41, 5.74) is 0.867. The lowest BCUT2D eigenvalue weighted by molar-refractivity contribution is -0.138. The van der Waals surface area contributed by atoms with Crippen LogP contribution in [0.4, 0.5) is 0 Å². The molecular weight excluding hydrogens is 356 g/mol. The smallest absolute Gasteiger partial charge is 0.305 e. The quantitative estimate of drug-likeness (QED) is 0.629. The van der Waals surface area contributed by atoms with Gasteiger partial charge in [0.25, 0.3) is 0 Å². The number of hydrogen-bond acceptors (Lipinski definition) is 4. The summed E-state index contributed by atoms with van der Waals surface area (Å²) in [4.78, 5) is 24.6. The molecule has 0 fully saturated rings. The molecule has 1 N–H and O–H groups in total. The van der Waals surface area contributed by atoms with Crippen molar-refractivity contribution in [3.63, 3.8) is 0 Å². The first-order valence-corrected chi connectivity index (χ1v) is 10.3. The largest absolute Gasteiger partial charge is 0.481 e. The van der Waals surface area contributed by atoms with Gasteiger partial charge >= 0.3 is 5.97 Å². The van der Waals surface area contributed by atoms with E-state index in [1.807, 2.05) is 6.92 Å². The Labute approximate surface area is 155 Å². The highest BCUT2D eigenvalue weighted by Crippen LogP contribution is 2.17. The summed E-state index contributed by atoms with van der Waals surface area (Å²) in [6, 6.07) is 6.57. The number of nitrogens with zero attached hydrogens (tertiary/aromatic N) is 2. The van der Waals surface area contributed by atoms with Crippen molar-refractivity contribution in [3.05, 3.63) is 29.8 Å². The maximum Gasteiger partial charge on any atom is 0.305 e. The van der Waals surface area contributed by atoms with Crippen LogP contribution in [0, 0.1) is 0 Å². The molecule has 0 radical (unpaired) electrons. The summed E-state index contributed by atoms with van der Waals surface area (Å²) in [7, 11) is -3.48. The van der Waals surface area contributed by atoms with Crippen LogP contribution >= 0.6 is 0 Å². The number of amides is 1. The first kappa shape index (κ1) is 22.1. The predicted octanol–water partition coefficient (Wildman–Crippen LogP) is 1.97. The van der Waals surface area contributed by atoms with Gasteiger partial charge in [-0.1, -0.05) is 26.0 Å². The van der Waals surface area contributed by atoms with Crippen molar-refractivity contribution in [3.8, 4) is 0 Å². The minimum atomic E-state index is -3.48. The van der Waals surface area contributed by atoms with Crippen LogP contribution in [0.15, 0.2) is 29.2 Å². The van der Waals surface area contributed by atoms with Crippen molar-refractivity contribution in [1.29, 1.82) is 0 Å². The third-order valence-corrected chi connectivity index (χ3v) is 6.29. The standard InChI is InChI=1S/C18H28N2O5S/c1-4-19(14-13-18(22)23)17(21)12-9-15-7-10-16(11-8-15)26(24,25)20(5-2)6-3/h7-8,10-11H,4-6,9,12-14H2,1-3H3,(H,22,23). The van der Waals surface area contributed by atoms with Crippen LogP contribution in [0.1, 0.15) is 39.2 Å². The second kappa shape index (κ2) is 10.3. The van der Waals surface area contributed by atoms with Crippen molar-refractivity contribution in [2.75, 3.05) is 26.2 Å². The number of aryl methyl sites for hydroxylation is 1. The number of carbonyl (C=O) groups is 2. The van der Waals surface area contributed by atoms with Gasteiger partial charge in [-0.2, -0.15) is 4.31 Å². The van der Waals surface area contributed by atoms with E-state index < -0.39 is 16.0 Å². The van der Waals surface area contributed by atoms with E-state index in [1.165, 1.54) is 9.21 Å². The zero-order chi connectivity index (χ0) is 19.7. The number of sulfonamides is 1. The molecule has 0 aliphatic rings. The summed E-state index contributed by atoms with van der Waals surface area (Å²) in [5.74, 6) is -1.03. The molecular formula is C18H28N2O5S. The Balaban J connectivity index is 2.70. The molecule has 0 saturated heterocycles. The molecule has 0 unspecified atom stereocenters. The van der Waals surface area contributed by atoms with Gasteiger partial charge in [0.15, 0.2) is 0 Å². The maximum atomic E-state index is 12.4. The fourth-order valence-corrected chi connectivity index (χ4v) is 4.10. The molecule has 1 aromatic rings. The van der Waals surface area contributed by atoms with Gasteiger partial charge < -0.3 is 10.0 Å². The summed E-state index contributed by atoms with van der Waals surface area (Å²) >= 11 is 0. The van der Waals surface area contributed by atoms with Gasteiger partial charge in [0.1, 0.15) is 0 Å². The molecule has 146 valence electrons. The van der Waals surface area contributed by atoms with E-state index in [1.54, 1.807) is 38.1 Å². The number of benzene rings is 1. The van der Waals surface area contributed by atoms with Gasteiger partial charge in [-0.15, -0.1) is 0 Å². The summed E-state index contributed by atoms with van der Waals surface area (Å²) in [6.07, 6.45) is 0.668. The van der Waals surface area contributed by atoms with Crippen LogP contribution in [-0.2, 0) is 26.0 Å². The van der Waals surface area contributed by atoms with Crippen molar-refractivity contribution < 1.29 is 23.1 Å². The molecule has 0 spiro atoms. The minimum absolute atomic E-state index is 0.0719. The number of hydrogen-bond donors (Lipinski definition) is 1. The number of rotatable bonds is 11. The lowest BCUT2D eigenvalue weighted by Gasteiger charge is -2.20. The van der Waals surface area contributed by atoms with E-state index in [0.29, 0.717) is 26.1 Å². The van der Waals surface area contributed by atoms with E-state index in [2.05, 4.69) is 0 Å². The predicted molar refractivity (Wildman–Crippen MR) is 99.4 cm³/mol. The number of aliphatic carboxylic acids is 1. The SMILES string of the molecule is CCN(CCC(=O)O)C(=O)CCc1ccc(S(=O)(=O)N(CC)CC)cc1. The molecule has 0 bridgehead atoms. The van der Waals surface area contributed by atoms with E-state index in [-0.39, 0.29) is 30.2 Å². The highest BCUT2D eigenvalue weighted by Gasteiger charge is 2.21. The number of carboxylic acids is 1. The molecule has 0 aliphatic heterocycles. The maximum absolute atomic E-state index is 12.4. The Morgan fingerprint density at radius 1 is 0.962 bits per heavy atom. The normalized spacial score (nSPS) is 11.5. The Kier molecular flexibility index (Phi) is 8.74.